The molecule has 0 spiro atoms. The molecule has 1 aliphatic heterocycles. The Bertz CT molecular complexity index is 77.0. The normalized spacial score (nSPS) is 36.7. The van der Waals surface area contributed by atoms with Gasteiger partial charge in [-0.3, -0.25) is 0 Å². The first kappa shape index (κ1) is 7.03. The van der Waals surface area contributed by atoms with Crippen LogP contribution in [0.5, 0.6) is 0 Å². The van der Waals surface area contributed by atoms with Crippen LogP contribution >= 0.6 is 0 Å². The van der Waals surface area contributed by atoms with E-state index >= 15 is 0 Å². The molecule has 0 amide bonds. The average molecular weight is 129 g/mol. The second-order valence-electron chi connectivity index (χ2n) is 2.70. The maximum Gasteiger partial charge on any atom is 0.0621 e. The molecule has 2 nitrogen and oxygen atoms in total. The Morgan fingerprint density at radius 2 is 2.33 bits per heavy atom. The van der Waals surface area contributed by atoms with Crippen molar-refractivity contribution in [3.05, 3.63) is 0 Å². The van der Waals surface area contributed by atoms with Gasteiger partial charge in [-0.05, 0) is 19.3 Å². The van der Waals surface area contributed by atoms with E-state index in [2.05, 4.69) is 6.92 Å². The van der Waals surface area contributed by atoms with Gasteiger partial charge in [-0.1, -0.05) is 6.92 Å². The maximum atomic E-state index is 5.63. The highest BCUT2D eigenvalue weighted by Crippen LogP contribution is 2.13. The summed E-state index contributed by atoms with van der Waals surface area (Å²) in [7, 11) is 0. The molecule has 0 aliphatic carbocycles. The zero-order chi connectivity index (χ0) is 6.69. The number of nitrogens with two attached hydrogens (primary N) is 1. The first-order valence-electron chi connectivity index (χ1n) is 3.70. The number of ether oxygens (including phenoxy) is 1. The van der Waals surface area contributed by atoms with Crippen LogP contribution in [0, 0.1) is 0 Å². The molecule has 2 heteroatoms. The van der Waals surface area contributed by atoms with Gasteiger partial charge in [0.05, 0.1) is 12.7 Å². The molecule has 1 heterocycles. The lowest BCUT2D eigenvalue weighted by Gasteiger charge is -2.25. The summed E-state index contributed by atoms with van der Waals surface area (Å²) in [4.78, 5) is 0. The minimum absolute atomic E-state index is 0.299. The van der Waals surface area contributed by atoms with Crippen molar-refractivity contribution < 1.29 is 4.74 Å². The molecule has 1 unspecified atom stereocenters. The van der Waals surface area contributed by atoms with Gasteiger partial charge in [0.15, 0.2) is 0 Å². The highest BCUT2D eigenvalue weighted by Gasteiger charge is 2.16. The monoisotopic (exact) mass is 129 g/mol. The van der Waals surface area contributed by atoms with Crippen LogP contribution in [-0.2, 0) is 4.74 Å². The van der Waals surface area contributed by atoms with Gasteiger partial charge < -0.3 is 10.5 Å². The number of hydrogen-bond donors (Lipinski definition) is 1. The Kier molecular flexibility index (Phi) is 2.49. The fraction of sp³-hybridized carbons (Fsp3) is 1.00. The van der Waals surface area contributed by atoms with Crippen molar-refractivity contribution in [2.75, 3.05) is 6.61 Å². The smallest absolute Gasteiger partial charge is 0.0621 e. The molecular weight excluding hydrogens is 114 g/mol. The summed E-state index contributed by atoms with van der Waals surface area (Å²) < 4.78 is 5.41. The summed E-state index contributed by atoms with van der Waals surface area (Å²) in [6.45, 7) is 2.92. The van der Waals surface area contributed by atoms with Crippen molar-refractivity contribution in [2.45, 2.75) is 38.3 Å². The molecule has 0 aromatic heterocycles. The molecule has 0 radical (unpaired) electrons. The van der Waals surface area contributed by atoms with Crippen LogP contribution in [0.25, 0.3) is 0 Å². The standard InChI is InChI=1S/C7H15NO/c1-2-7-4-3-6(8)5-9-7/h6-7H,2-5,8H2,1H3/t6-,7?/m1/s1. The molecule has 1 fully saturated rings. The van der Waals surface area contributed by atoms with Gasteiger partial charge in [0.25, 0.3) is 0 Å². The van der Waals surface area contributed by atoms with Crippen LogP contribution in [-0.4, -0.2) is 18.8 Å². The Morgan fingerprint density at radius 1 is 1.56 bits per heavy atom. The minimum Gasteiger partial charge on any atom is -0.377 e. The average Bonchev–Trinajstić information content (AvgIpc) is 1.90. The fourth-order valence-corrected chi connectivity index (χ4v) is 1.15. The molecule has 1 aliphatic rings. The predicted octanol–water partition coefficient (Wildman–Crippen LogP) is 0.903. The summed E-state index contributed by atoms with van der Waals surface area (Å²) >= 11 is 0. The summed E-state index contributed by atoms with van der Waals surface area (Å²) in [6.07, 6.45) is 3.91. The van der Waals surface area contributed by atoms with Crippen LogP contribution in [0.1, 0.15) is 26.2 Å². The van der Waals surface area contributed by atoms with E-state index in [9.17, 15) is 0 Å². The van der Waals surface area contributed by atoms with E-state index in [1.807, 2.05) is 0 Å². The molecule has 9 heavy (non-hydrogen) atoms. The topological polar surface area (TPSA) is 35.2 Å². The second kappa shape index (κ2) is 3.18. The Labute approximate surface area is 56.4 Å². The van der Waals surface area contributed by atoms with Gasteiger partial charge in [-0.2, -0.15) is 0 Å². The van der Waals surface area contributed by atoms with Crippen LogP contribution in [0.4, 0.5) is 0 Å². The summed E-state index contributed by atoms with van der Waals surface area (Å²) in [5.74, 6) is 0. The zero-order valence-corrected chi connectivity index (χ0v) is 5.97. The quantitative estimate of drug-likeness (QED) is 0.571. The van der Waals surface area contributed by atoms with Crippen LogP contribution < -0.4 is 5.73 Å². The van der Waals surface area contributed by atoms with Gasteiger partial charge in [0, 0.05) is 6.04 Å². The SMILES string of the molecule is CCC1CC[C@@H](N)CO1. The zero-order valence-electron chi connectivity index (χ0n) is 5.97. The van der Waals surface area contributed by atoms with Crippen LogP contribution in [0.15, 0.2) is 0 Å². The van der Waals surface area contributed by atoms with Gasteiger partial charge in [0.2, 0.25) is 0 Å². The van der Waals surface area contributed by atoms with Crippen molar-refractivity contribution in [3.8, 4) is 0 Å². The summed E-state index contributed by atoms with van der Waals surface area (Å²) in [5, 5.41) is 0. The lowest BCUT2D eigenvalue weighted by Crippen LogP contribution is -2.34. The lowest BCUT2D eigenvalue weighted by molar-refractivity contribution is 0.00372. The van der Waals surface area contributed by atoms with Crippen molar-refractivity contribution >= 4 is 0 Å². The number of rotatable bonds is 1. The predicted molar refractivity (Wildman–Crippen MR) is 37.2 cm³/mol. The Hall–Kier alpha value is -0.0800. The van der Waals surface area contributed by atoms with Gasteiger partial charge in [-0.15, -0.1) is 0 Å². The minimum atomic E-state index is 0.299. The molecule has 54 valence electrons. The fourth-order valence-electron chi connectivity index (χ4n) is 1.15. The number of hydrogen-bond acceptors (Lipinski definition) is 2. The maximum absolute atomic E-state index is 5.63. The highest BCUT2D eigenvalue weighted by atomic mass is 16.5. The second-order valence-corrected chi connectivity index (χ2v) is 2.70. The van der Waals surface area contributed by atoms with Gasteiger partial charge >= 0.3 is 0 Å². The third-order valence-corrected chi connectivity index (χ3v) is 1.86. The van der Waals surface area contributed by atoms with Gasteiger partial charge in [-0.25, -0.2) is 0 Å². The molecule has 0 bridgehead atoms. The third-order valence-electron chi connectivity index (χ3n) is 1.86. The van der Waals surface area contributed by atoms with E-state index in [1.165, 1.54) is 0 Å². The summed E-state index contributed by atoms with van der Waals surface area (Å²) in [6, 6.07) is 0.299. The van der Waals surface area contributed by atoms with E-state index < -0.39 is 0 Å². The molecule has 2 atom stereocenters. The molecule has 0 saturated carbocycles. The molecule has 0 aromatic rings. The van der Waals surface area contributed by atoms with Crippen molar-refractivity contribution in [2.24, 2.45) is 5.73 Å². The van der Waals surface area contributed by atoms with Crippen LogP contribution in [0.3, 0.4) is 0 Å². The molecule has 0 aromatic carbocycles. The Morgan fingerprint density at radius 3 is 2.78 bits per heavy atom. The van der Waals surface area contributed by atoms with E-state index in [1.54, 1.807) is 0 Å². The van der Waals surface area contributed by atoms with Gasteiger partial charge in [0.1, 0.15) is 0 Å². The molecular formula is C7H15NO. The van der Waals surface area contributed by atoms with E-state index in [0.29, 0.717) is 12.1 Å². The first-order valence-corrected chi connectivity index (χ1v) is 3.70. The molecule has 2 N–H and O–H groups in total. The van der Waals surface area contributed by atoms with Crippen LogP contribution in [0.2, 0.25) is 0 Å². The Balaban J connectivity index is 2.18. The van der Waals surface area contributed by atoms with Crippen molar-refractivity contribution in [3.63, 3.8) is 0 Å². The molecule has 1 saturated heterocycles. The largest absolute Gasteiger partial charge is 0.377 e. The van der Waals surface area contributed by atoms with E-state index in [4.69, 9.17) is 10.5 Å². The van der Waals surface area contributed by atoms with E-state index in [0.717, 1.165) is 25.9 Å². The first-order chi connectivity index (χ1) is 4.33. The van der Waals surface area contributed by atoms with Crippen molar-refractivity contribution in [1.29, 1.82) is 0 Å². The lowest BCUT2D eigenvalue weighted by atomic mass is 10.0. The third kappa shape index (κ3) is 1.95. The molecule has 1 rings (SSSR count). The van der Waals surface area contributed by atoms with Crippen molar-refractivity contribution in [1.82, 2.24) is 0 Å². The highest BCUT2D eigenvalue weighted by molar-refractivity contribution is 4.70. The van der Waals surface area contributed by atoms with E-state index in [-0.39, 0.29) is 0 Å². The summed E-state index contributed by atoms with van der Waals surface area (Å²) in [5.41, 5.74) is 5.63.